The van der Waals surface area contributed by atoms with Gasteiger partial charge < -0.3 is 14.8 Å². The SMILES string of the molecule is CCOCC(NCc1ccccc1OCC#N)C(C)C. The molecule has 0 amide bonds. The first-order valence-electron chi connectivity index (χ1n) is 7.07. The van der Waals surface area contributed by atoms with Crippen LogP contribution in [0.3, 0.4) is 0 Å². The van der Waals surface area contributed by atoms with Gasteiger partial charge in [0.25, 0.3) is 0 Å². The molecule has 1 atom stereocenters. The zero-order valence-corrected chi connectivity index (χ0v) is 12.6. The molecule has 0 aromatic heterocycles. The molecule has 0 radical (unpaired) electrons. The Morgan fingerprint density at radius 2 is 2.05 bits per heavy atom. The lowest BCUT2D eigenvalue weighted by atomic mass is 10.0. The average Bonchev–Trinajstić information content (AvgIpc) is 2.45. The maximum absolute atomic E-state index is 8.60. The van der Waals surface area contributed by atoms with Gasteiger partial charge in [0.05, 0.1) is 6.61 Å². The molecular formula is C16H24N2O2. The number of hydrogen-bond acceptors (Lipinski definition) is 4. The highest BCUT2D eigenvalue weighted by molar-refractivity contribution is 5.33. The van der Waals surface area contributed by atoms with Crippen LogP contribution in [0, 0.1) is 17.2 Å². The van der Waals surface area contributed by atoms with E-state index < -0.39 is 0 Å². The van der Waals surface area contributed by atoms with Gasteiger partial charge in [-0.2, -0.15) is 5.26 Å². The molecule has 0 saturated carbocycles. The van der Waals surface area contributed by atoms with Gasteiger partial charge in [0.1, 0.15) is 11.8 Å². The van der Waals surface area contributed by atoms with Crippen molar-refractivity contribution < 1.29 is 9.47 Å². The van der Waals surface area contributed by atoms with Crippen molar-refractivity contribution >= 4 is 0 Å². The minimum absolute atomic E-state index is 0.0730. The molecule has 1 rings (SSSR count). The summed E-state index contributed by atoms with van der Waals surface area (Å²) >= 11 is 0. The monoisotopic (exact) mass is 276 g/mol. The van der Waals surface area contributed by atoms with Crippen LogP contribution in [0.1, 0.15) is 26.3 Å². The van der Waals surface area contributed by atoms with E-state index in [1.807, 2.05) is 37.3 Å². The molecule has 1 aromatic carbocycles. The van der Waals surface area contributed by atoms with Crippen LogP contribution in [-0.2, 0) is 11.3 Å². The van der Waals surface area contributed by atoms with Crippen molar-refractivity contribution in [3.8, 4) is 11.8 Å². The second-order valence-electron chi connectivity index (χ2n) is 4.95. The number of benzene rings is 1. The molecule has 0 bridgehead atoms. The second kappa shape index (κ2) is 9.35. The zero-order valence-electron chi connectivity index (χ0n) is 12.6. The first kappa shape index (κ1) is 16.5. The van der Waals surface area contributed by atoms with Crippen LogP contribution in [0.2, 0.25) is 0 Å². The average molecular weight is 276 g/mol. The third kappa shape index (κ3) is 5.60. The quantitative estimate of drug-likeness (QED) is 0.753. The Morgan fingerprint density at radius 3 is 2.70 bits per heavy atom. The third-order valence-electron chi connectivity index (χ3n) is 3.13. The number of nitrogens with zero attached hydrogens (tertiary/aromatic N) is 1. The molecular weight excluding hydrogens is 252 g/mol. The maximum atomic E-state index is 8.60. The summed E-state index contributed by atoms with van der Waals surface area (Å²) in [6.07, 6.45) is 0. The molecule has 0 fully saturated rings. The first-order valence-corrected chi connectivity index (χ1v) is 7.07. The molecule has 1 N–H and O–H groups in total. The summed E-state index contributed by atoms with van der Waals surface area (Å²) in [4.78, 5) is 0. The summed E-state index contributed by atoms with van der Waals surface area (Å²) in [7, 11) is 0. The van der Waals surface area contributed by atoms with Crippen molar-refractivity contribution in [3.05, 3.63) is 29.8 Å². The molecule has 20 heavy (non-hydrogen) atoms. The molecule has 0 aliphatic heterocycles. The summed E-state index contributed by atoms with van der Waals surface area (Å²) in [5.41, 5.74) is 1.06. The fourth-order valence-electron chi connectivity index (χ4n) is 1.87. The number of hydrogen-bond donors (Lipinski definition) is 1. The van der Waals surface area contributed by atoms with E-state index in [1.54, 1.807) is 0 Å². The van der Waals surface area contributed by atoms with E-state index >= 15 is 0 Å². The predicted octanol–water partition coefficient (Wildman–Crippen LogP) is 2.74. The summed E-state index contributed by atoms with van der Waals surface area (Å²) in [6, 6.07) is 10.1. The smallest absolute Gasteiger partial charge is 0.174 e. The van der Waals surface area contributed by atoms with Crippen LogP contribution in [0.4, 0.5) is 0 Å². The molecule has 0 aliphatic rings. The topological polar surface area (TPSA) is 54.3 Å². The highest BCUT2D eigenvalue weighted by Crippen LogP contribution is 2.18. The second-order valence-corrected chi connectivity index (χ2v) is 4.95. The van der Waals surface area contributed by atoms with E-state index in [9.17, 15) is 0 Å². The van der Waals surface area contributed by atoms with Crippen molar-refractivity contribution in [3.63, 3.8) is 0 Å². The van der Waals surface area contributed by atoms with Crippen LogP contribution in [0.5, 0.6) is 5.75 Å². The van der Waals surface area contributed by atoms with Gasteiger partial charge in [0.2, 0.25) is 0 Å². The molecule has 0 saturated heterocycles. The molecule has 4 nitrogen and oxygen atoms in total. The van der Waals surface area contributed by atoms with Gasteiger partial charge in [0, 0.05) is 24.8 Å². The number of nitriles is 1. The van der Waals surface area contributed by atoms with Crippen LogP contribution >= 0.6 is 0 Å². The summed E-state index contributed by atoms with van der Waals surface area (Å²) in [5.74, 6) is 1.26. The molecule has 1 unspecified atom stereocenters. The van der Waals surface area contributed by atoms with Gasteiger partial charge in [-0.25, -0.2) is 0 Å². The molecule has 1 aromatic rings. The fourth-order valence-corrected chi connectivity index (χ4v) is 1.87. The number of nitrogens with one attached hydrogen (secondary N) is 1. The van der Waals surface area contributed by atoms with Crippen molar-refractivity contribution in [2.45, 2.75) is 33.4 Å². The fraction of sp³-hybridized carbons (Fsp3) is 0.562. The molecule has 0 heterocycles. The van der Waals surface area contributed by atoms with Gasteiger partial charge in [-0.05, 0) is 18.9 Å². The van der Waals surface area contributed by atoms with E-state index in [0.717, 1.165) is 17.9 Å². The van der Waals surface area contributed by atoms with E-state index in [1.165, 1.54) is 0 Å². The van der Waals surface area contributed by atoms with Gasteiger partial charge in [-0.3, -0.25) is 0 Å². The van der Waals surface area contributed by atoms with Gasteiger partial charge in [0.15, 0.2) is 6.61 Å². The lowest BCUT2D eigenvalue weighted by Gasteiger charge is -2.22. The van der Waals surface area contributed by atoms with E-state index in [-0.39, 0.29) is 6.61 Å². The lowest BCUT2D eigenvalue weighted by molar-refractivity contribution is 0.107. The van der Waals surface area contributed by atoms with E-state index in [2.05, 4.69) is 19.2 Å². The predicted molar refractivity (Wildman–Crippen MR) is 79.5 cm³/mol. The summed E-state index contributed by atoms with van der Waals surface area (Å²) < 4.78 is 10.9. The minimum atomic E-state index is 0.0730. The number of para-hydroxylation sites is 1. The molecule has 0 aliphatic carbocycles. The van der Waals surface area contributed by atoms with Crippen LogP contribution in [-0.4, -0.2) is 25.9 Å². The van der Waals surface area contributed by atoms with Gasteiger partial charge in [-0.1, -0.05) is 32.0 Å². The summed E-state index contributed by atoms with van der Waals surface area (Å²) in [5, 5.41) is 12.1. The van der Waals surface area contributed by atoms with Crippen LogP contribution in [0.15, 0.2) is 24.3 Å². The van der Waals surface area contributed by atoms with Crippen LogP contribution < -0.4 is 10.1 Å². The Morgan fingerprint density at radius 1 is 1.30 bits per heavy atom. The maximum Gasteiger partial charge on any atom is 0.174 e. The Bertz CT molecular complexity index is 427. The zero-order chi connectivity index (χ0) is 14.8. The van der Waals surface area contributed by atoms with Crippen molar-refractivity contribution in [1.82, 2.24) is 5.32 Å². The van der Waals surface area contributed by atoms with Crippen molar-refractivity contribution in [2.24, 2.45) is 5.92 Å². The molecule has 4 heteroatoms. The van der Waals surface area contributed by atoms with Gasteiger partial charge >= 0.3 is 0 Å². The summed E-state index contributed by atoms with van der Waals surface area (Å²) in [6.45, 7) is 8.56. The largest absolute Gasteiger partial charge is 0.478 e. The minimum Gasteiger partial charge on any atom is -0.478 e. The van der Waals surface area contributed by atoms with Crippen LogP contribution in [0.25, 0.3) is 0 Å². The Kier molecular flexibility index (Phi) is 7.71. The highest BCUT2D eigenvalue weighted by atomic mass is 16.5. The van der Waals surface area contributed by atoms with Gasteiger partial charge in [-0.15, -0.1) is 0 Å². The third-order valence-corrected chi connectivity index (χ3v) is 3.13. The van der Waals surface area contributed by atoms with E-state index in [0.29, 0.717) is 25.1 Å². The lowest BCUT2D eigenvalue weighted by Crippen LogP contribution is -2.37. The Balaban J connectivity index is 2.60. The molecule has 110 valence electrons. The normalized spacial score (nSPS) is 12.2. The highest BCUT2D eigenvalue weighted by Gasteiger charge is 2.13. The Labute approximate surface area is 121 Å². The Hall–Kier alpha value is -1.57. The standard InChI is InChI=1S/C16H24N2O2/c1-4-19-12-15(13(2)3)18-11-14-7-5-6-8-16(14)20-10-9-17/h5-8,13,15,18H,4,10-12H2,1-3H3. The number of ether oxygens (including phenoxy) is 2. The van der Waals surface area contributed by atoms with E-state index in [4.69, 9.17) is 14.7 Å². The van der Waals surface area contributed by atoms with Crippen molar-refractivity contribution in [1.29, 1.82) is 5.26 Å². The first-order chi connectivity index (χ1) is 9.69. The number of rotatable bonds is 9. The molecule has 0 spiro atoms. The van der Waals surface area contributed by atoms with Crippen molar-refractivity contribution in [2.75, 3.05) is 19.8 Å².